The second-order valence-electron chi connectivity index (χ2n) is 3.38. The Morgan fingerprint density at radius 3 is 2.50 bits per heavy atom. The summed E-state index contributed by atoms with van der Waals surface area (Å²) in [5.41, 5.74) is 3.08. The van der Waals surface area contributed by atoms with Crippen molar-refractivity contribution in [2.75, 3.05) is 5.32 Å². The summed E-state index contributed by atoms with van der Waals surface area (Å²) < 4.78 is 0. The molecule has 1 N–H and O–H groups in total. The highest BCUT2D eigenvalue weighted by Gasteiger charge is 1.96. The Morgan fingerprint density at radius 1 is 1.29 bits per heavy atom. The zero-order valence-electron chi connectivity index (χ0n) is 8.79. The molecule has 1 aromatic rings. The average Bonchev–Trinajstić information content (AvgIpc) is 2.07. The van der Waals surface area contributed by atoms with E-state index >= 15 is 0 Å². The van der Waals surface area contributed by atoms with E-state index in [-0.39, 0.29) is 5.78 Å². The third-order valence-corrected chi connectivity index (χ3v) is 1.90. The number of benzene rings is 1. The van der Waals surface area contributed by atoms with Gasteiger partial charge in [0.05, 0.1) is 0 Å². The van der Waals surface area contributed by atoms with E-state index < -0.39 is 0 Å². The highest BCUT2D eigenvalue weighted by molar-refractivity contribution is 5.88. The van der Waals surface area contributed by atoms with Crippen molar-refractivity contribution in [2.24, 2.45) is 0 Å². The lowest BCUT2D eigenvalue weighted by atomic mass is 10.2. The molecule has 0 aliphatic carbocycles. The van der Waals surface area contributed by atoms with Crippen LogP contribution < -0.4 is 5.32 Å². The molecule has 1 rings (SSSR count). The van der Waals surface area contributed by atoms with Crippen LogP contribution in [0.3, 0.4) is 0 Å². The van der Waals surface area contributed by atoms with Gasteiger partial charge in [0, 0.05) is 11.4 Å². The molecule has 2 heteroatoms. The van der Waals surface area contributed by atoms with Gasteiger partial charge < -0.3 is 5.32 Å². The Hall–Kier alpha value is -1.57. The highest BCUT2D eigenvalue weighted by atomic mass is 16.1. The predicted molar refractivity (Wildman–Crippen MR) is 59.2 cm³/mol. The molecular weight excluding hydrogens is 174 g/mol. The Bertz CT molecular complexity index is 366. The second kappa shape index (κ2) is 4.61. The van der Waals surface area contributed by atoms with Crippen molar-refractivity contribution >= 4 is 11.5 Å². The zero-order valence-corrected chi connectivity index (χ0v) is 8.79. The van der Waals surface area contributed by atoms with Crippen LogP contribution in [0, 0.1) is 6.92 Å². The molecule has 0 amide bonds. The van der Waals surface area contributed by atoms with Gasteiger partial charge in [-0.3, -0.25) is 4.79 Å². The van der Waals surface area contributed by atoms with Crippen molar-refractivity contribution in [1.82, 2.24) is 0 Å². The first-order valence-electron chi connectivity index (χ1n) is 4.61. The van der Waals surface area contributed by atoms with Crippen LogP contribution in [-0.4, -0.2) is 5.78 Å². The topological polar surface area (TPSA) is 29.1 Å². The van der Waals surface area contributed by atoms with E-state index in [1.54, 1.807) is 13.0 Å². The normalized spacial score (nSPS) is 11.2. The molecule has 74 valence electrons. The summed E-state index contributed by atoms with van der Waals surface area (Å²) in [7, 11) is 0. The largest absolute Gasteiger partial charge is 0.359 e. The molecule has 0 spiro atoms. The van der Waals surface area contributed by atoms with Gasteiger partial charge in [0.15, 0.2) is 5.78 Å². The summed E-state index contributed by atoms with van der Waals surface area (Å²) >= 11 is 0. The fourth-order valence-electron chi connectivity index (χ4n) is 1.27. The minimum Gasteiger partial charge on any atom is -0.359 e. The first-order valence-corrected chi connectivity index (χ1v) is 4.61. The summed E-state index contributed by atoms with van der Waals surface area (Å²) in [6.07, 6.45) is 1.59. The Morgan fingerprint density at radius 2 is 1.93 bits per heavy atom. The molecule has 0 bridgehead atoms. The number of anilines is 1. The van der Waals surface area contributed by atoms with E-state index in [0.717, 1.165) is 11.4 Å². The van der Waals surface area contributed by atoms with Crippen molar-refractivity contribution in [3.8, 4) is 0 Å². The third-order valence-electron chi connectivity index (χ3n) is 1.90. The van der Waals surface area contributed by atoms with Crippen LogP contribution >= 0.6 is 0 Å². The second-order valence-corrected chi connectivity index (χ2v) is 3.38. The van der Waals surface area contributed by atoms with Crippen LogP contribution in [0.25, 0.3) is 0 Å². The summed E-state index contributed by atoms with van der Waals surface area (Å²) in [6, 6.07) is 7.98. The number of para-hydroxylation sites is 1. The smallest absolute Gasteiger partial charge is 0.154 e. The third kappa shape index (κ3) is 3.05. The van der Waals surface area contributed by atoms with Gasteiger partial charge in [-0.25, -0.2) is 0 Å². The van der Waals surface area contributed by atoms with Crippen LogP contribution in [0.1, 0.15) is 19.4 Å². The predicted octanol–water partition coefficient (Wildman–Crippen LogP) is 2.90. The van der Waals surface area contributed by atoms with E-state index in [1.807, 2.05) is 38.1 Å². The van der Waals surface area contributed by atoms with E-state index in [4.69, 9.17) is 0 Å². The maximum atomic E-state index is 10.8. The summed E-state index contributed by atoms with van der Waals surface area (Å²) in [5, 5.41) is 3.18. The van der Waals surface area contributed by atoms with Crippen LogP contribution in [0.5, 0.6) is 0 Å². The van der Waals surface area contributed by atoms with Gasteiger partial charge in [-0.2, -0.15) is 0 Å². The summed E-state index contributed by atoms with van der Waals surface area (Å²) in [4.78, 5) is 10.8. The number of hydrogen-bond donors (Lipinski definition) is 1. The maximum Gasteiger partial charge on any atom is 0.154 e. The molecule has 0 saturated heterocycles. The van der Waals surface area contributed by atoms with Crippen LogP contribution in [-0.2, 0) is 4.79 Å². The number of ketones is 1. The van der Waals surface area contributed by atoms with Crippen molar-refractivity contribution < 1.29 is 4.79 Å². The molecule has 0 unspecified atom stereocenters. The lowest BCUT2D eigenvalue weighted by Crippen LogP contribution is -1.99. The number of carbonyl (C=O) groups excluding carboxylic acids is 1. The quantitative estimate of drug-likeness (QED) is 0.741. The molecule has 0 saturated carbocycles. The summed E-state index contributed by atoms with van der Waals surface area (Å²) in [6.45, 7) is 5.46. The molecular formula is C12H15NO. The van der Waals surface area contributed by atoms with Crippen molar-refractivity contribution in [3.05, 3.63) is 41.6 Å². The SMILES string of the molecule is CC(=O)/C=C(\C)Nc1ccccc1C. The lowest BCUT2D eigenvalue weighted by molar-refractivity contribution is -0.112. The fourth-order valence-corrected chi connectivity index (χ4v) is 1.27. The molecule has 2 nitrogen and oxygen atoms in total. The van der Waals surface area contributed by atoms with Crippen LogP contribution in [0.2, 0.25) is 0 Å². The van der Waals surface area contributed by atoms with Crippen LogP contribution in [0.15, 0.2) is 36.0 Å². The number of rotatable bonds is 3. The molecule has 0 atom stereocenters. The van der Waals surface area contributed by atoms with Crippen LogP contribution in [0.4, 0.5) is 5.69 Å². The molecule has 0 aliphatic heterocycles. The number of nitrogens with one attached hydrogen (secondary N) is 1. The van der Waals surface area contributed by atoms with E-state index in [0.29, 0.717) is 0 Å². The molecule has 0 fully saturated rings. The van der Waals surface area contributed by atoms with E-state index in [9.17, 15) is 4.79 Å². The van der Waals surface area contributed by atoms with Gasteiger partial charge in [0.2, 0.25) is 0 Å². The minimum atomic E-state index is 0.0589. The first-order chi connectivity index (χ1) is 6.59. The van der Waals surface area contributed by atoms with Gasteiger partial charge >= 0.3 is 0 Å². The number of aryl methyl sites for hydroxylation is 1. The van der Waals surface area contributed by atoms with E-state index in [2.05, 4.69) is 5.32 Å². The van der Waals surface area contributed by atoms with E-state index in [1.165, 1.54) is 5.56 Å². The van der Waals surface area contributed by atoms with Crippen molar-refractivity contribution in [3.63, 3.8) is 0 Å². The van der Waals surface area contributed by atoms with Gasteiger partial charge in [-0.1, -0.05) is 18.2 Å². The highest BCUT2D eigenvalue weighted by Crippen LogP contribution is 2.15. The molecule has 0 radical (unpaired) electrons. The monoisotopic (exact) mass is 189 g/mol. The van der Waals surface area contributed by atoms with Gasteiger partial charge in [-0.05, 0) is 38.5 Å². The maximum absolute atomic E-state index is 10.8. The molecule has 0 aliphatic rings. The Labute approximate surface area is 84.6 Å². The molecule has 1 aromatic carbocycles. The fraction of sp³-hybridized carbons (Fsp3) is 0.250. The number of allylic oxidation sites excluding steroid dienone is 2. The zero-order chi connectivity index (χ0) is 10.6. The van der Waals surface area contributed by atoms with Gasteiger partial charge in [-0.15, -0.1) is 0 Å². The number of carbonyl (C=O) groups is 1. The molecule has 0 aromatic heterocycles. The standard InChI is InChI=1S/C12H15NO/c1-9-6-4-5-7-12(9)13-10(2)8-11(3)14/h4-8,13H,1-3H3/b10-8+. The van der Waals surface area contributed by atoms with Gasteiger partial charge in [0.25, 0.3) is 0 Å². The van der Waals surface area contributed by atoms with Crippen molar-refractivity contribution in [2.45, 2.75) is 20.8 Å². The Kier molecular flexibility index (Phi) is 3.46. The number of hydrogen-bond acceptors (Lipinski definition) is 2. The van der Waals surface area contributed by atoms with Gasteiger partial charge in [0.1, 0.15) is 0 Å². The first kappa shape index (κ1) is 10.5. The average molecular weight is 189 g/mol. The summed E-state index contributed by atoms with van der Waals surface area (Å²) in [5.74, 6) is 0.0589. The van der Waals surface area contributed by atoms with Crippen molar-refractivity contribution in [1.29, 1.82) is 0 Å². The molecule has 0 heterocycles. The molecule has 14 heavy (non-hydrogen) atoms. The Balaban J connectivity index is 2.79. The minimum absolute atomic E-state index is 0.0589. The lowest BCUT2D eigenvalue weighted by Gasteiger charge is -2.08.